The zero-order valence-corrected chi connectivity index (χ0v) is 17.5. The maximum Gasteiger partial charge on any atom is 0.254 e. The van der Waals surface area contributed by atoms with Crippen molar-refractivity contribution in [2.45, 2.75) is 38.5 Å². The van der Waals surface area contributed by atoms with Gasteiger partial charge in [-0.25, -0.2) is 8.78 Å². The Bertz CT molecular complexity index is 1000. The summed E-state index contributed by atoms with van der Waals surface area (Å²) >= 11 is 6.20. The van der Waals surface area contributed by atoms with Gasteiger partial charge in [-0.2, -0.15) is 5.26 Å². The highest BCUT2D eigenvalue weighted by Crippen LogP contribution is 2.30. The van der Waals surface area contributed by atoms with Crippen LogP contribution in [0.4, 0.5) is 14.5 Å². The number of amides is 1. The average molecular weight is 434 g/mol. The number of halogens is 3. The number of carbonyl (C=O) groups is 1. The minimum atomic E-state index is -1.49. The first kappa shape index (κ1) is 22.0. The van der Waals surface area contributed by atoms with E-state index in [0.717, 1.165) is 6.07 Å². The van der Waals surface area contributed by atoms with Crippen LogP contribution in [0.1, 0.15) is 31.4 Å². The third kappa shape index (κ3) is 4.72. The molecule has 30 heavy (non-hydrogen) atoms. The van der Waals surface area contributed by atoms with Crippen LogP contribution in [0.2, 0.25) is 5.02 Å². The molecule has 1 atom stereocenters. The van der Waals surface area contributed by atoms with E-state index in [4.69, 9.17) is 16.9 Å². The van der Waals surface area contributed by atoms with Crippen LogP contribution in [0.25, 0.3) is 0 Å². The lowest BCUT2D eigenvalue weighted by molar-refractivity contribution is -0.146. The second-order valence-electron chi connectivity index (χ2n) is 7.89. The van der Waals surface area contributed by atoms with E-state index in [-0.39, 0.29) is 23.5 Å². The van der Waals surface area contributed by atoms with Gasteiger partial charge in [0, 0.05) is 43.0 Å². The van der Waals surface area contributed by atoms with Crippen molar-refractivity contribution in [1.82, 2.24) is 4.90 Å². The van der Waals surface area contributed by atoms with Crippen LogP contribution in [0.15, 0.2) is 36.4 Å². The van der Waals surface area contributed by atoms with Crippen molar-refractivity contribution in [2.24, 2.45) is 0 Å². The molecule has 0 radical (unpaired) electrons. The molecule has 158 valence electrons. The van der Waals surface area contributed by atoms with E-state index in [2.05, 4.69) is 0 Å². The lowest BCUT2D eigenvalue weighted by atomic mass is 10.1. The molecule has 0 aromatic heterocycles. The van der Waals surface area contributed by atoms with Crippen LogP contribution in [-0.4, -0.2) is 40.6 Å². The van der Waals surface area contributed by atoms with Crippen molar-refractivity contribution in [3.05, 3.63) is 64.2 Å². The van der Waals surface area contributed by atoms with Crippen LogP contribution in [-0.2, 0) is 11.3 Å². The van der Waals surface area contributed by atoms with Crippen LogP contribution in [0, 0.1) is 23.0 Å². The fourth-order valence-corrected chi connectivity index (χ4v) is 3.82. The van der Waals surface area contributed by atoms with Crippen molar-refractivity contribution in [3.8, 4) is 6.07 Å². The van der Waals surface area contributed by atoms with E-state index in [9.17, 15) is 18.7 Å². The van der Waals surface area contributed by atoms with Gasteiger partial charge in [-0.1, -0.05) is 17.7 Å². The van der Waals surface area contributed by atoms with Gasteiger partial charge in [0.2, 0.25) is 0 Å². The van der Waals surface area contributed by atoms with Gasteiger partial charge < -0.3 is 14.9 Å². The van der Waals surface area contributed by atoms with Crippen molar-refractivity contribution < 1.29 is 18.7 Å². The molecule has 2 aromatic rings. The van der Waals surface area contributed by atoms with Gasteiger partial charge in [0.1, 0.15) is 23.3 Å². The first-order chi connectivity index (χ1) is 14.1. The topological polar surface area (TPSA) is 67.6 Å². The molecule has 1 aliphatic heterocycles. The van der Waals surface area contributed by atoms with Crippen molar-refractivity contribution in [3.63, 3.8) is 0 Å². The third-order valence-electron chi connectivity index (χ3n) is 5.18. The van der Waals surface area contributed by atoms with Crippen molar-refractivity contribution in [1.29, 1.82) is 5.26 Å². The van der Waals surface area contributed by atoms with Gasteiger partial charge in [-0.05, 0) is 44.5 Å². The van der Waals surface area contributed by atoms with Gasteiger partial charge in [0.05, 0.1) is 10.6 Å². The number of nitriles is 1. The van der Waals surface area contributed by atoms with Crippen LogP contribution in [0.5, 0.6) is 0 Å². The predicted octanol–water partition coefficient (Wildman–Crippen LogP) is 3.87. The largest absolute Gasteiger partial charge is 0.381 e. The number of aliphatic hydroxyl groups is 1. The van der Waals surface area contributed by atoms with Crippen LogP contribution >= 0.6 is 11.6 Å². The number of anilines is 1. The summed E-state index contributed by atoms with van der Waals surface area (Å²) in [6, 6.07) is 10.2. The standard InChI is InChI=1S/C22H22ClF2N3O2/c1-22(2,30)21(29)27-8-7-18(13-27)28(12-15-3-5-16(24)9-20(15)25)17-6-4-14(11-26)19(23)10-17/h3-6,9-10,18,30H,7-8,12-13H2,1-2H3. The number of carbonyl (C=O) groups excluding carboxylic acids is 1. The summed E-state index contributed by atoms with van der Waals surface area (Å²) in [4.78, 5) is 15.9. The molecule has 0 spiro atoms. The summed E-state index contributed by atoms with van der Waals surface area (Å²) in [5.41, 5.74) is -0.214. The first-order valence-corrected chi connectivity index (χ1v) is 9.90. The highest BCUT2D eigenvalue weighted by Gasteiger charge is 2.36. The van der Waals surface area contributed by atoms with Crippen molar-refractivity contribution in [2.75, 3.05) is 18.0 Å². The summed E-state index contributed by atoms with van der Waals surface area (Å²) in [6.45, 7) is 3.79. The molecule has 1 fully saturated rings. The normalized spacial score (nSPS) is 16.4. The third-order valence-corrected chi connectivity index (χ3v) is 5.49. The number of nitrogens with zero attached hydrogens (tertiary/aromatic N) is 3. The molecule has 3 rings (SSSR count). The molecule has 5 nitrogen and oxygen atoms in total. The van der Waals surface area contributed by atoms with Crippen LogP contribution < -0.4 is 4.90 Å². The molecule has 8 heteroatoms. The quantitative estimate of drug-likeness (QED) is 0.777. The monoisotopic (exact) mass is 433 g/mol. The van der Waals surface area contributed by atoms with E-state index in [1.165, 1.54) is 26.0 Å². The van der Waals surface area contributed by atoms with Crippen molar-refractivity contribution >= 4 is 23.2 Å². The van der Waals surface area contributed by atoms with E-state index >= 15 is 0 Å². The number of benzene rings is 2. The molecule has 0 saturated carbocycles. The molecule has 1 saturated heterocycles. The number of likely N-dealkylation sites (tertiary alicyclic amines) is 1. The smallest absolute Gasteiger partial charge is 0.254 e. The lowest BCUT2D eigenvalue weighted by Crippen LogP contribution is -2.46. The molecule has 1 unspecified atom stereocenters. The molecule has 0 bridgehead atoms. The van der Waals surface area contributed by atoms with E-state index < -0.39 is 17.2 Å². The maximum atomic E-state index is 14.3. The average Bonchev–Trinajstić information content (AvgIpc) is 3.15. The molecule has 1 amide bonds. The fourth-order valence-electron chi connectivity index (χ4n) is 3.61. The Morgan fingerprint density at radius 3 is 2.67 bits per heavy atom. The van der Waals surface area contributed by atoms with Gasteiger partial charge in [-0.3, -0.25) is 4.79 Å². The Balaban J connectivity index is 1.93. The minimum absolute atomic E-state index is 0.129. The highest BCUT2D eigenvalue weighted by molar-refractivity contribution is 6.32. The second kappa shape index (κ2) is 8.58. The molecular formula is C22H22ClF2N3O2. The first-order valence-electron chi connectivity index (χ1n) is 9.52. The fraction of sp³-hybridized carbons (Fsp3) is 0.364. The van der Waals surface area contributed by atoms with E-state index in [1.807, 2.05) is 11.0 Å². The lowest BCUT2D eigenvalue weighted by Gasteiger charge is -2.32. The highest BCUT2D eigenvalue weighted by atomic mass is 35.5. The zero-order chi connectivity index (χ0) is 22.1. The molecular weight excluding hydrogens is 412 g/mol. The Morgan fingerprint density at radius 2 is 2.07 bits per heavy atom. The molecule has 2 aromatic carbocycles. The molecule has 1 N–H and O–H groups in total. The summed E-state index contributed by atoms with van der Waals surface area (Å²) < 4.78 is 27.7. The zero-order valence-electron chi connectivity index (χ0n) is 16.7. The summed E-state index contributed by atoms with van der Waals surface area (Å²) in [6.07, 6.45) is 0.599. The van der Waals surface area contributed by atoms with Gasteiger partial charge in [0.15, 0.2) is 0 Å². The second-order valence-corrected chi connectivity index (χ2v) is 8.30. The molecule has 0 aliphatic carbocycles. The van der Waals surface area contributed by atoms with Crippen LogP contribution in [0.3, 0.4) is 0 Å². The number of hydrogen-bond donors (Lipinski definition) is 1. The number of rotatable bonds is 5. The Morgan fingerprint density at radius 1 is 1.33 bits per heavy atom. The van der Waals surface area contributed by atoms with Gasteiger partial charge in [0.25, 0.3) is 5.91 Å². The Kier molecular flexibility index (Phi) is 6.30. The van der Waals surface area contributed by atoms with Gasteiger partial charge in [-0.15, -0.1) is 0 Å². The Hall–Kier alpha value is -2.69. The minimum Gasteiger partial charge on any atom is -0.381 e. The van der Waals surface area contributed by atoms with E-state index in [1.54, 1.807) is 23.1 Å². The summed E-state index contributed by atoms with van der Waals surface area (Å²) in [7, 11) is 0. The molecule has 1 aliphatic rings. The Labute approximate surface area is 179 Å². The predicted molar refractivity (Wildman–Crippen MR) is 110 cm³/mol. The summed E-state index contributed by atoms with van der Waals surface area (Å²) in [5, 5.41) is 19.4. The SMILES string of the molecule is CC(C)(O)C(=O)N1CCC(N(Cc2ccc(F)cc2F)c2ccc(C#N)c(Cl)c2)C1. The van der Waals surface area contributed by atoms with E-state index in [0.29, 0.717) is 36.3 Å². The maximum absolute atomic E-state index is 14.3. The molecule has 1 heterocycles. The summed E-state index contributed by atoms with van der Waals surface area (Å²) in [5.74, 6) is -1.70. The number of hydrogen-bond acceptors (Lipinski definition) is 4. The van der Waals surface area contributed by atoms with Gasteiger partial charge >= 0.3 is 0 Å².